The second kappa shape index (κ2) is 5.68. The van der Waals surface area contributed by atoms with Gasteiger partial charge in [-0.3, -0.25) is 4.79 Å². The zero-order valence-electron chi connectivity index (χ0n) is 9.91. The number of hydrogen-bond acceptors (Lipinski definition) is 3. The number of carbonyl (C=O) groups excluding carboxylic acids is 1. The Labute approximate surface area is 102 Å². The van der Waals surface area contributed by atoms with Gasteiger partial charge in [0.1, 0.15) is 6.04 Å². The van der Waals surface area contributed by atoms with Gasteiger partial charge in [-0.15, -0.1) is 0 Å². The van der Waals surface area contributed by atoms with E-state index in [2.05, 4.69) is 16.7 Å². The van der Waals surface area contributed by atoms with Crippen molar-refractivity contribution in [2.24, 2.45) is 5.73 Å². The van der Waals surface area contributed by atoms with E-state index in [1.807, 2.05) is 18.2 Å². The molecule has 2 rings (SSSR count). The monoisotopic (exact) mass is 233 g/mol. The van der Waals surface area contributed by atoms with E-state index in [4.69, 9.17) is 5.73 Å². The van der Waals surface area contributed by atoms with E-state index < -0.39 is 0 Å². The Kier molecular flexibility index (Phi) is 3.98. The second-order valence-corrected chi connectivity index (χ2v) is 4.35. The van der Waals surface area contributed by atoms with Crippen molar-refractivity contribution >= 4 is 11.6 Å². The van der Waals surface area contributed by atoms with Crippen LogP contribution in [0.15, 0.2) is 24.3 Å². The Morgan fingerprint density at radius 1 is 1.41 bits per heavy atom. The fourth-order valence-electron chi connectivity index (χ4n) is 2.06. The van der Waals surface area contributed by atoms with E-state index in [0.29, 0.717) is 13.1 Å². The predicted octanol–water partition coefficient (Wildman–Crippen LogP) is 0.878. The summed E-state index contributed by atoms with van der Waals surface area (Å²) in [4.78, 5) is 11.9. The molecule has 0 aliphatic carbocycles. The molecule has 92 valence electrons. The standard InChI is InChI=1S/C13H19N3O/c14-7-3-4-8-15-13(17)12-9-10-5-1-2-6-11(10)16-12/h1-2,5-6,12,16H,3-4,7-9,14H2,(H,15,17)/t12-/m0/s1. The minimum atomic E-state index is -0.120. The minimum Gasteiger partial charge on any atom is -0.373 e. The number of hydrogen-bond donors (Lipinski definition) is 3. The smallest absolute Gasteiger partial charge is 0.242 e. The van der Waals surface area contributed by atoms with Gasteiger partial charge in [0, 0.05) is 18.7 Å². The number of rotatable bonds is 5. The maximum Gasteiger partial charge on any atom is 0.242 e. The zero-order valence-corrected chi connectivity index (χ0v) is 9.91. The topological polar surface area (TPSA) is 67.1 Å². The molecule has 4 nitrogen and oxygen atoms in total. The summed E-state index contributed by atoms with van der Waals surface area (Å²) in [5, 5.41) is 6.18. The second-order valence-electron chi connectivity index (χ2n) is 4.35. The first-order valence-corrected chi connectivity index (χ1v) is 6.13. The van der Waals surface area contributed by atoms with Gasteiger partial charge < -0.3 is 16.4 Å². The molecule has 0 saturated carbocycles. The Bertz CT molecular complexity index is 367. The quantitative estimate of drug-likeness (QED) is 0.661. The molecule has 4 heteroatoms. The van der Waals surface area contributed by atoms with Crippen molar-refractivity contribution in [1.82, 2.24) is 5.32 Å². The summed E-state index contributed by atoms with van der Waals surface area (Å²) in [5.41, 5.74) is 7.70. The van der Waals surface area contributed by atoms with Gasteiger partial charge in [0.25, 0.3) is 0 Å². The highest BCUT2D eigenvalue weighted by molar-refractivity contribution is 5.87. The number of anilines is 1. The molecule has 0 unspecified atom stereocenters. The number of nitrogens with two attached hydrogens (primary N) is 1. The summed E-state index contributed by atoms with van der Waals surface area (Å²) in [5.74, 6) is 0.0817. The number of amides is 1. The fourth-order valence-corrected chi connectivity index (χ4v) is 2.06. The van der Waals surface area contributed by atoms with Gasteiger partial charge in [0.2, 0.25) is 5.91 Å². The van der Waals surface area contributed by atoms with Crippen molar-refractivity contribution < 1.29 is 4.79 Å². The molecule has 17 heavy (non-hydrogen) atoms. The molecule has 1 heterocycles. The van der Waals surface area contributed by atoms with Gasteiger partial charge in [-0.1, -0.05) is 18.2 Å². The highest BCUT2D eigenvalue weighted by atomic mass is 16.2. The molecule has 1 atom stereocenters. The number of benzene rings is 1. The molecule has 0 aromatic heterocycles. The molecule has 0 saturated heterocycles. The van der Waals surface area contributed by atoms with Crippen LogP contribution in [0.4, 0.5) is 5.69 Å². The normalized spacial score (nSPS) is 17.4. The van der Waals surface area contributed by atoms with Crippen LogP contribution < -0.4 is 16.4 Å². The number of unbranched alkanes of at least 4 members (excludes halogenated alkanes) is 1. The Hall–Kier alpha value is -1.55. The van der Waals surface area contributed by atoms with Gasteiger partial charge in [-0.2, -0.15) is 0 Å². The third kappa shape index (κ3) is 2.97. The van der Waals surface area contributed by atoms with Crippen LogP contribution in [-0.2, 0) is 11.2 Å². The lowest BCUT2D eigenvalue weighted by molar-refractivity contribution is -0.121. The van der Waals surface area contributed by atoms with Crippen molar-refractivity contribution in [3.8, 4) is 0 Å². The van der Waals surface area contributed by atoms with Gasteiger partial charge in [0.15, 0.2) is 0 Å². The molecule has 0 spiro atoms. The Morgan fingerprint density at radius 2 is 2.24 bits per heavy atom. The zero-order chi connectivity index (χ0) is 12.1. The van der Waals surface area contributed by atoms with E-state index in [-0.39, 0.29) is 11.9 Å². The van der Waals surface area contributed by atoms with Crippen molar-refractivity contribution in [3.63, 3.8) is 0 Å². The first-order valence-electron chi connectivity index (χ1n) is 6.13. The predicted molar refractivity (Wildman–Crippen MR) is 68.9 cm³/mol. The summed E-state index contributed by atoms with van der Waals surface area (Å²) in [6.45, 7) is 1.40. The Morgan fingerprint density at radius 3 is 3.00 bits per heavy atom. The number of para-hydroxylation sites is 1. The first kappa shape index (κ1) is 11.9. The number of carbonyl (C=O) groups is 1. The van der Waals surface area contributed by atoms with Crippen molar-refractivity contribution in [2.75, 3.05) is 18.4 Å². The first-order chi connectivity index (χ1) is 8.31. The minimum absolute atomic E-state index is 0.0817. The SMILES string of the molecule is NCCCCNC(=O)[C@@H]1Cc2ccccc2N1. The lowest BCUT2D eigenvalue weighted by Crippen LogP contribution is -2.38. The summed E-state index contributed by atoms with van der Waals surface area (Å²) in [6.07, 6.45) is 2.68. The van der Waals surface area contributed by atoms with Gasteiger partial charge in [-0.05, 0) is 31.0 Å². The van der Waals surface area contributed by atoms with E-state index in [1.54, 1.807) is 0 Å². The maximum atomic E-state index is 11.9. The molecule has 1 aliphatic rings. The maximum absolute atomic E-state index is 11.9. The Balaban J connectivity index is 1.80. The van der Waals surface area contributed by atoms with Crippen LogP contribution in [0.2, 0.25) is 0 Å². The molecule has 0 fully saturated rings. The van der Waals surface area contributed by atoms with Crippen molar-refractivity contribution in [1.29, 1.82) is 0 Å². The molecule has 1 amide bonds. The van der Waals surface area contributed by atoms with Crippen molar-refractivity contribution in [3.05, 3.63) is 29.8 Å². The van der Waals surface area contributed by atoms with Crippen LogP contribution in [0.25, 0.3) is 0 Å². The molecule has 1 aromatic rings. The lowest BCUT2D eigenvalue weighted by Gasteiger charge is -2.11. The van der Waals surface area contributed by atoms with E-state index >= 15 is 0 Å². The van der Waals surface area contributed by atoms with Crippen molar-refractivity contribution in [2.45, 2.75) is 25.3 Å². The van der Waals surface area contributed by atoms with Crippen LogP contribution in [0.5, 0.6) is 0 Å². The average molecular weight is 233 g/mol. The van der Waals surface area contributed by atoms with Gasteiger partial charge in [-0.25, -0.2) is 0 Å². The molecule has 0 bridgehead atoms. The highest BCUT2D eigenvalue weighted by Crippen LogP contribution is 2.24. The largest absolute Gasteiger partial charge is 0.373 e. The van der Waals surface area contributed by atoms with Crippen LogP contribution in [0, 0.1) is 0 Å². The summed E-state index contributed by atoms with van der Waals surface area (Å²) in [7, 11) is 0. The molecule has 0 radical (unpaired) electrons. The van der Waals surface area contributed by atoms with Crippen LogP contribution in [-0.4, -0.2) is 25.0 Å². The molecule has 1 aromatic carbocycles. The lowest BCUT2D eigenvalue weighted by atomic mass is 10.1. The van der Waals surface area contributed by atoms with E-state index in [1.165, 1.54) is 5.56 Å². The van der Waals surface area contributed by atoms with E-state index in [0.717, 1.165) is 24.9 Å². The third-order valence-electron chi connectivity index (χ3n) is 3.02. The van der Waals surface area contributed by atoms with Crippen LogP contribution >= 0.6 is 0 Å². The summed E-state index contributed by atoms with van der Waals surface area (Å²) >= 11 is 0. The molecular formula is C13H19N3O. The van der Waals surface area contributed by atoms with Gasteiger partial charge >= 0.3 is 0 Å². The number of nitrogens with one attached hydrogen (secondary N) is 2. The molecule has 1 aliphatic heterocycles. The van der Waals surface area contributed by atoms with Gasteiger partial charge in [0.05, 0.1) is 0 Å². The van der Waals surface area contributed by atoms with Crippen LogP contribution in [0.3, 0.4) is 0 Å². The molecular weight excluding hydrogens is 214 g/mol. The van der Waals surface area contributed by atoms with E-state index in [9.17, 15) is 4.79 Å². The summed E-state index contributed by atoms with van der Waals surface area (Å²) < 4.78 is 0. The van der Waals surface area contributed by atoms with Crippen LogP contribution in [0.1, 0.15) is 18.4 Å². The average Bonchev–Trinajstić information content (AvgIpc) is 2.78. The number of fused-ring (bicyclic) bond motifs is 1. The fraction of sp³-hybridized carbons (Fsp3) is 0.462. The molecule has 4 N–H and O–H groups in total. The highest BCUT2D eigenvalue weighted by Gasteiger charge is 2.25. The third-order valence-corrected chi connectivity index (χ3v) is 3.02. The summed E-state index contributed by atoms with van der Waals surface area (Å²) in [6, 6.07) is 7.93.